The van der Waals surface area contributed by atoms with E-state index in [4.69, 9.17) is 4.74 Å². The molecule has 0 fully saturated rings. The molecule has 0 saturated carbocycles. The maximum atomic E-state index is 12.5. The van der Waals surface area contributed by atoms with Gasteiger partial charge >= 0.3 is 5.97 Å². The second-order valence-corrected chi connectivity index (χ2v) is 4.81. The fourth-order valence-electron chi connectivity index (χ4n) is 2.36. The van der Waals surface area contributed by atoms with Crippen LogP contribution in [0.1, 0.15) is 29.3 Å². The molecule has 1 heterocycles. The Morgan fingerprint density at radius 2 is 2.15 bits per heavy atom. The van der Waals surface area contributed by atoms with Crippen LogP contribution in [-0.2, 0) is 16.0 Å². The summed E-state index contributed by atoms with van der Waals surface area (Å²) >= 11 is 0. The van der Waals surface area contributed by atoms with Crippen LogP contribution in [0.5, 0.6) is 0 Å². The third kappa shape index (κ3) is 3.07. The highest BCUT2D eigenvalue weighted by atomic mass is 16.5. The lowest BCUT2D eigenvalue weighted by Crippen LogP contribution is -2.34. The molecule has 0 saturated heterocycles. The average molecular weight is 273 g/mol. The van der Waals surface area contributed by atoms with Gasteiger partial charge in [0.2, 0.25) is 0 Å². The maximum Gasteiger partial charge on any atom is 0.335 e. The first kappa shape index (κ1) is 14.3. The van der Waals surface area contributed by atoms with Gasteiger partial charge in [0.25, 0.3) is 5.91 Å². The van der Waals surface area contributed by atoms with Crippen LogP contribution in [0, 0.1) is 0 Å². The molecule has 2 rings (SSSR count). The molecular weight excluding hydrogens is 254 g/mol. The number of nitrogens with zero attached hydrogens (tertiary/aromatic N) is 1. The summed E-state index contributed by atoms with van der Waals surface area (Å²) in [6.07, 6.45) is 1.77. The van der Waals surface area contributed by atoms with Gasteiger partial charge in [-0.3, -0.25) is 4.79 Å². The van der Waals surface area contributed by atoms with Crippen LogP contribution >= 0.6 is 0 Å². The summed E-state index contributed by atoms with van der Waals surface area (Å²) in [5.74, 6) is -0.471. The Bertz CT molecular complexity index is 536. The molecule has 4 heteroatoms. The Labute approximate surface area is 119 Å². The monoisotopic (exact) mass is 273 g/mol. The number of rotatable bonds is 4. The molecule has 0 radical (unpaired) electrons. The van der Waals surface area contributed by atoms with Crippen molar-refractivity contribution in [2.45, 2.75) is 19.8 Å². The van der Waals surface area contributed by atoms with E-state index in [0.29, 0.717) is 18.7 Å². The lowest BCUT2D eigenvalue weighted by Gasteiger charge is -2.21. The van der Waals surface area contributed by atoms with Gasteiger partial charge < -0.3 is 9.64 Å². The van der Waals surface area contributed by atoms with E-state index in [-0.39, 0.29) is 12.5 Å². The summed E-state index contributed by atoms with van der Waals surface area (Å²) in [5.41, 5.74) is 2.11. The van der Waals surface area contributed by atoms with E-state index < -0.39 is 5.97 Å². The van der Waals surface area contributed by atoms with Gasteiger partial charge in [0.05, 0.1) is 13.2 Å². The number of esters is 1. The lowest BCUT2D eigenvalue weighted by atomic mass is 10.0. The van der Waals surface area contributed by atoms with Crippen LogP contribution in [0.25, 0.3) is 0 Å². The quantitative estimate of drug-likeness (QED) is 0.624. The van der Waals surface area contributed by atoms with Crippen molar-refractivity contribution in [3.8, 4) is 0 Å². The van der Waals surface area contributed by atoms with Crippen molar-refractivity contribution < 1.29 is 14.3 Å². The molecule has 106 valence electrons. The lowest BCUT2D eigenvalue weighted by molar-refractivity contribution is -0.138. The first-order valence-corrected chi connectivity index (χ1v) is 6.85. The van der Waals surface area contributed by atoms with Crippen LogP contribution in [0.3, 0.4) is 0 Å². The summed E-state index contributed by atoms with van der Waals surface area (Å²) in [5, 5.41) is 0. The molecule has 1 aliphatic heterocycles. The number of carbonyl (C=O) groups is 2. The van der Waals surface area contributed by atoms with Crippen LogP contribution in [0.4, 0.5) is 0 Å². The van der Waals surface area contributed by atoms with Crippen LogP contribution in [0.15, 0.2) is 36.4 Å². The van der Waals surface area contributed by atoms with Crippen LogP contribution < -0.4 is 0 Å². The molecule has 1 amide bonds. The molecule has 0 aromatic heterocycles. The smallest absolute Gasteiger partial charge is 0.335 e. The van der Waals surface area contributed by atoms with Gasteiger partial charge in [-0.25, -0.2) is 4.79 Å². The molecule has 20 heavy (non-hydrogen) atoms. The van der Waals surface area contributed by atoms with Crippen LogP contribution in [0.2, 0.25) is 0 Å². The summed E-state index contributed by atoms with van der Waals surface area (Å²) in [4.78, 5) is 25.8. The predicted octanol–water partition coefficient (Wildman–Crippen LogP) is 2.19. The average Bonchev–Trinajstić information content (AvgIpc) is 2.60. The number of amides is 1. The van der Waals surface area contributed by atoms with E-state index in [9.17, 15) is 9.59 Å². The Morgan fingerprint density at radius 3 is 2.90 bits per heavy atom. The summed E-state index contributed by atoms with van der Waals surface area (Å²) in [6, 6.07) is 7.62. The van der Waals surface area contributed by atoms with Gasteiger partial charge in [0.15, 0.2) is 0 Å². The molecule has 0 spiro atoms. The zero-order valence-electron chi connectivity index (χ0n) is 11.7. The first-order valence-electron chi connectivity index (χ1n) is 6.85. The molecule has 4 nitrogen and oxygen atoms in total. The van der Waals surface area contributed by atoms with Crippen molar-refractivity contribution in [2.75, 3.05) is 19.7 Å². The van der Waals surface area contributed by atoms with E-state index in [2.05, 4.69) is 6.58 Å². The topological polar surface area (TPSA) is 46.6 Å². The number of hydrogen-bond donors (Lipinski definition) is 0. The third-order valence-corrected chi connectivity index (χ3v) is 3.35. The van der Waals surface area contributed by atoms with Crippen LogP contribution in [-0.4, -0.2) is 36.5 Å². The molecular formula is C16H19NO3. The second-order valence-electron chi connectivity index (χ2n) is 4.81. The van der Waals surface area contributed by atoms with Crippen molar-refractivity contribution in [3.63, 3.8) is 0 Å². The summed E-state index contributed by atoms with van der Waals surface area (Å²) in [7, 11) is 0. The Morgan fingerprint density at radius 1 is 1.40 bits per heavy atom. The normalized spacial score (nSPS) is 14.4. The van der Waals surface area contributed by atoms with E-state index in [1.165, 1.54) is 0 Å². The van der Waals surface area contributed by atoms with Crippen molar-refractivity contribution in [1.29, 1.82) is 0 Å². The Kier molecular flexibility index (Phi) is 4.56. The predicted molar refractivity (Wildman–Crippen MR) is 76.4 cm³/mol. The first-order chi connectivity index (χ1) is 9.63. The number of aryl methyl sites for hydroxylation is 1. The highest BCUT2D eigenvalue weighted by molar-refractivity contribution is 5.97. The Hall–Kier alpha value is -2.10. The minimum absolute atomic E-state index is 0.0384. The SMILES string of the molecule is C=C(CN1CCCc2ccccc2C1=O)C(=O)OCC. The minimum atomic E-state index is -0.433. The molecule has 0 N–H and O–H groups in total. The van der Waals surface area contributed by atoms with Gasteiger partial charge in [-0.1, -0.05) is 24.8 Å². The zero-order chi connectivity index (χ0) is 14.5. The van der Waals surface area contributed by atoms with E-state index in [1.54, 1.807) is 11.8 Å². The number of ether oxygens (including phenoxy) is 1. The molecule has 1 aromatic rings. The van der Waals surface area contributed by atoms with E-state index >= 15 is 0 Å². The van der Waals surface area contributed by atoms with Crippen molar-refractivity contribution in [1.82, 2.24) is 4.90 Å². The summed E-state index contributed by atoms with van der Waals surface area (Å²) < 4.78 is 4.90. The maximum absolute atomic E-state index is 12.5. The number of carbonyl (C=O) groups excluding carboxylic acids is 2. The van der Waals surface area contributed by atoms with Gasteiger partial charge in [0.1, 0.15) is 0 Å². The number of fused-ring (bicyclic) bond motifs is 1. The third-order valence-electron chi connectivity index (χ3n) is 3.35. The zero-order valence-corrected chi connectivity index (χ0v) is 11.7. The Balaban J connectivity index is 2.12. The van der Waals surface area contributed by atoms with Gasteiger partial charge in [-0.15, -0.1) is 0 Å². The van der Waals surface area contributed by atoms with Crippen molar-refractivity contribution >= 4 is 11.9 Å². The second kappa shape index (κ2) is 6.37. The molecule has 0 unspecified atom stereocenters. The fraction of sp³-hybridized carbons (Fsp3) is 0.375. The molecule has 0 bridgehead atoms. The molecule has 1 aromatic carbocycles. The van der Waals surface area contributed by atoms with E-state index in [0.717, 1.165) is 24.0 Å². The standard InChI is InChI=1S/C16H19NO3/c1-3-20-16(19)12(2)11-17-10-6-8-13-7-4-5-9-14(13)15(17)18/h4-5,7,9H,2-3,6,8,10-11H2,1H3. The largest absolute Gasteiger partial charge is 0.463 e. The molecule has 0 aliphatic carbocycles. The van der Waals surface area contributed by atoms with Gasteiger partial charge in [-0.05, 0) is 31.4 Å². The van der Waals surface area contributed by atoms with Gasteiger partial charge in [0, 0.05) is 17.7 Å². The summed E-state index contributed by atoms with van der Waals surface area (Å²) in [6.45, 7) is 6.64. The molecule has 1 aliphatic rings. The molecule has 0 atom stereocenters. The van der Waals surface area contributed by atoms with Crippen molar-refractivity contribution in [2.24, 2.45) is 0 Å². The van der Waals surface area contributed by atoms with Gasteiger partial charge in [-0.2, -0.15) is 0 Å². The van der Waals surface area contributed by atoms with Crippen molar-refractivity contribution in [3.05, 3.63) is 47.5 Å². The highest BCUT2D eigenvalue weighted by Gasteiger charge is 2.23. The number of benzene rings is 1. The fourth-order valence-corrected chi connectivity index (χ4v) is 2.36. The minimum Gasteiger partial charge on any atom is -0.463 e. The van der Waals surface area contributed by atoms with E-state index in [1.807, 2.05) is 24.3 Å². The highest BCUT2D eigenvalue weighted by Crippen LogP contribution is 2.19. The number of hydrogen-bond acceptors (Lipinski definition) is 3.